The average molecular weight is 330 g/mol. The smallest absolute Gasteiger partial charge is 0.393 e. The van der Waals surface area contributed by atoms with Crippen LogP contribution in [0, 0.1) is 5.92 Å². The number of aliphatic hydroxyl groups is 1. The lowest BCUT2D eigenvalue weighted by Gasteiger charge is -2.32. The number of piperidine rings is 1. The number of likely N-dealkylation sites (tertiary alicyclic amines) is 1. The normalized spacial score (nSPS) is 18.7. The molecular weight excluding hydrogens is 309 g/mol. The Morgan fingerprint density at radius 2 is 1.87 bits per heavy atom. The van der Waals surface area contributed by atoms with Gasteiger partial charge >= 0.3 is 6.18 Å². The molecule has 1 unspecified atom stereocenters. The summed E-state index contributed by atoms with van der Waals surface area (Å²) >= 11 is 0. The van der Waals surface area contributed by atoms with E-state index in [1.165, 1.54) is 12.1 Å². The highest BCUT2D eigenvalue weighted by Crippen LogP contribution is 2.29. The Morgan fingerprint density at radius 3 is 2.35 bits per heavy atom. The molecule has 128 valence electrons. The lowest BCUT2D eigenvalue weighted by Crippen LogP contribution is -2.41. The predicted molar refractivity (Wildman–Crippen MR) is 80.9 cm³/mol. The largest absolute Gasteiger partial charge is 0.416 e. The molecule has 0 saturated carbocycles. The maximum Gasteiger partial charge on any atom is 0.416 e. The number of aliphatic hydroxyl groups excluding tert-OH is 1. The molecule has 1 aliphatic rings. The first kappa shape index (κ1) is 17.7. The summed E-state index contributed by atoms with van der Waals surface area (Å²) in [5, 5.41) is 12.1. The van der Waals surface area contributed by atoms with Gasteiger partial charge in [-0.25, -0.2) is 0 Å². The van der Waals surface area contributed by atoms with Gasteiger partial charge in [0.1, 0.15) is 0 Å². The number of halogens is 3. The number of hydrogen-bond donors (Lipinski definition) is 2. The van der Waals surface area contributed by atoms with Crippen molar-refractivity contribution < 1.29 is 23.1 Å². The van der Waals surface area contributed by atoms with Crippen molar-refractivity contribution in [1.82, 2.24) is 4.90 Å². The molecular formula is C16H21F3N2O2. The van der Waals surface area contributed by atoms with E-state index in [0.29, 0.717) is 5.69 Å². The van der Waals surface area contributed by atoms with Gasteiger partial charge in [0.25, 0.3) is 0 Å². The van der Waals surface area contributed by atoms with Crippen LogP contribution in [0.5, 0.6) is 0 Å². The Morgan fingerprint density at radius 1 is 1.30 bits per heavy atom. The number of alkyl halides is 3. The lowest BCUT2D eigenvalue weighted by molar-refractivity contribution is -0.137. The van der Waals surface area contributed by atoms with Crippen LogP contribution in [0.3, 0.4) is 0 Å². The fourth-order valence-electron chi connectivity index (χ4n) is 2.74. The summed E-state index contributed by atoms with van der Waals surface area (Å²) in [4.78, 5) is 13.9. The molecule has 0 aromatic heterocycles. The van der Waals surface area contributed by atoms with Crippen molar-refractivity contribution >= 4 is 11.6 Å². The molecule has 1 saturated heterocycles. The highest BCUT2D eigenvalue weighted by atomic mass is 19.4. The minimum Gasteiger partial charge on any atom is -0.393 e. The Kier molecular flexibility index (Phi) is 5.64. The molecule has 0 spiro atoms. The van der Waals surface area contributed by atoms with Gasteiger partial charge in [0.2, 0.25) is 5.91 Å². The van der Waals surface area contributed by atoms with Crippen molar-refractivity contribution in [2.45, 2.75) is 32.0 Å². The van der Waals surface area contributed by atoms with Crippen LogP contribution in [0.25, 0.3) is 0 Å². The summed E-state index contributed by atoms with van der Waals surface area (Å²) in [7, 11) is 0. The van der Waals surface area contributed by atoms with Crippen LogP contribution < -0.4 is 5.32 Å². The summed E-state index contributed by atoms with van der Waals surface area (Å²) in [6.45, 7) is 3.44. The van der Waals surface area contributed by atoms with E-state index in [2.05, 4.69) is 5.32 Å². The van der Waals surface area contributed by atoms with E-state index in [1.54, 1.807) is 6.92 Å². The summed E-state index contributed by atoms with van der Waals surface area (Å²) in [6, 6.07) is 4.40. The minimum absolute atomic E-state index is 0.202. The number of amides is 1. The first-order chi connectivity index (χ1) is 10.8. The van der Waals surface area contributed by atoms with Crippen molar-refractivity contribution in [3.63, 3.8) is 0 Å². The SMILES string of the molecule is CC(O)C1CCN(CC(=O)Nc2ccc(C(F)(F)F)cc2)CC1. The topological polar surface area (TPSA) is 52.6 Å². The first-order valence-corrected chi connectivity index (χ1v) is 7.63. The molecule has 2 N–H and O–H groups in total. The lowest BCUT2D eigenvalue weighted by atomic mass is 9.92. The standard InChI is InChI=1S/C16H21F3N2O2/c1-11(22)12-6-8-21(9-7-12)10-15(23)20-14-4-2-13(3-5-14)16(17,18)19/h2-5,11-12,22H,6-10H2,1H3,(H,20,23). The second-order valence-electron chi connectivity index (χ2n) is 5.98. The van der Waals surface area contributed by atoms with Crippen LogP contribution in [0.1, 0.15) is 25.3 Å². The molecule has 0 radical (unpaired) electrons. The van der Waals surface area contributed by atoms with Gasteiger partial charge in [-0.3, -0.25) is 9.69 Å². The first-order valence-electron chi connectivity index (χ1n) is 7.63. The number of carbonyl (C=O) groups is 1. The van der Waals surface area contributed by atoms with Crippen molar-refractivity contribution in [2.24, 2.45) is 5.92 Å². The average Bonchev–Trinajstić information content (AvgIpc) is 2.47. The number of carbonyl (C=O) groups excluding carboxylic acids is 1. The predicted octanol–water partition coefficient (Wildman–Crippen LogP) is 2.74. The van der Waals surface area contributed by atoms with Crippen molar-refractivity contribution in [3.05, 3.63) is 29.8 Å². The molecule has 1 aliphatic heterocycles. The van der Waals surface area contributed by atoms with Crippen molar-refractivity contribution in [2.75, 3.05) is 25.0 Å². The molecule has 1 aromatic carbocycles. The third kappa shape index (κ3) is 5.21. The number of nitrogens with zero attached hydrogens (tertiary/aromatic N) is 1. The molecule has 1 atom stereocenters. The molecule has 23 heavy (non-hydrogen) atoms. The summed E-state index contributed by atoms with van der Waals surface area (Å²) in [5.74, 6) is 0.0180. The van der Waals surface area contributed by atoms with Gasteiger partial charge in [0, 0.05) is 5.69 Å². The van der Waals surface area contributed by atoms with Crippen LogP contribution in [0.2, 0.25) is 0 Å². The van der Waals surface area contributed by atoms with E-state index in [9.17, 15) is 23.1 Å². The van der Waals surface area contributed by atoms with Gasteiger partial charge in [0.15, 0.2) is 0 Å². The van der Waals surface area contributed by atoms with E-state index in [4.69, 9.17) is 0 Å². The zero-order valence-electron chi connectivity index (χ0n) is 12.9. The molecule has 0 aliphatic carbocycles. The highest BCUT2D eigenvalue weighted by molar-refractivity contribution is 5.92. The van der Waals surface area contributed by atoms with Gasteiger partial charge in [0.05, 0.1) is 18.2 Å². The Balaban J connectivity index is 1.81. The van der Waals surface area contributed by atoms with Gasteiger partial charge in [-0.2, -0.15) is 13.2 Å². The Bertz CT molecular complexity index is 521. The van der Waals surface area contributed by atoms with Crippen molar-refractivity contribution in [1.29, 1.82) is 0 Å². The second-order valence-corrected chi connectivity index (χ2v) is 5.98. The molecule has 2 rings (SSSR count). The van der Waals surface area contributed by atoms with Gasteiger partial charge < -0.3 is 10.4 Å². The van der Waals surface area contributed by atoms with Gasteiger partial charge in [-0.05, 0) is 63.0 Å². The number of benzene rings is 1. The highest BCUT2D eigenvalue weighted by Gasteiger charge is 2.30. The third-order valence-corrected chi connectivity index (χ3v) is 4.18. The van der Waals surface area contributed by atoms with Crippen molar-refractivity contribution in [3.8, 4) is 0 Å². The monoisotopic (exact) mass is 330 g/mol. The molecule has 7 heteroatoms. The zero-order chi connectivity index (χ0) is 17.0. The number of rotatable bonds is 4. The van der Waals surface area contributed by atoms with Crippen LogP contribution >= 0.6 is 0 Å². The fourth-order valence-corrected chi connectivity index (χ4v) is 2.74. The summed E-state index contributed by atoms with van der Waals surface area (Å²) in [6.07, 6.45) is -3.04. The Hall–Kier alpha value is -1.60. The second kappa shape index (κ2) is 7.31. The maximum atomic E-state index is 12.5. The van der Waals surface area contributed by atoms with Crippen LogP contribution in [0.4, 0.5) is 18.9 Å². The van der Waals surface area contributed by atoms with E-state index in [0.717, 1.165) is 38.1 Å². The maximum absolute atomic E-state index is 12.5. The number of anilines is 1. The van der Waals surface area contributed by atoms with E-state index in [1.807, 2.05) is 4.90 Å². The van der Waals surface area contributed by atoms with Crippen LogP contribution in [-0.2, 0) is 11.0 Å². The van der Waals surface area contributed by atoms with Gasteiger partial charge in [-0.15, -0.1) is 0 Å². The number of nitrogens with one attached hydrogen (secondary N) is 1. The van der Waals surface area contributed by atoms with E-state index >= 15 is 0 Å². The molecule has 1 heterocycles. The van der Waals surface area contributed by atoms with Crippen LogP contribution in [0.15, 0.2) is 24.3 Å². The molecule has 1 aromatic rings. The fraction of sp³-hybridized carbons (Fsp3) is 0.562. The molecule has 4 nitrogen and oxygen atoms in total. The van der Waals surface area contributed by atoms with E-state index < -0.39 is 11.7 Å². The van der Waals surface area contributed by atoms with Crippen LogP contribution in [-0.4, -0.2) is 41.7 Å². The molecule has 1 amide bonds. The summed E-state index contributed by atoms with van der Waals surface area (Å²) < 4.78 is 37.4. The quantitative estimate of drug-likeness (QED) is 0.892. The minimum atomic E-state index is -4.38. The third-order valence-electron chi connectivity index (χ3n) is 4.18. The number of hydrogen-bond acceptors (Lipinski definition) is 3. The molecule has 0 bridgehead atoms. The zero-order valence-corrected chi connectivity index (χ0v) is 12.9. The molecule has 1 fully saturated rings. The van der Waals surface area contributed by atoms with E-state index in [-0.39, 0.29) is 24.5 Å². The summed E-state index contributed by atoms with van der Waals surface area (Å²) in [5.41, 5.74) is -0.391. The van der Waals surface area contributed by atoms with Gasteiger partial charge in [-0.1, -0.05) is 0 Å². The Labute approximate surface area is 133 Å².